The van der Waals surface area contributed by atoms with Crippen molar-refractivity contribution in [1.82, 2.24) is 10.2 Å². The van der Waals surface area contributed by atoms with Gasteiger partial charge in [-0.05, 0) is 24.6 Å². The van der Waals surface area contributed by atoms with Crippen molar-refractivity contribution < 1.29 is 8.78 Å². The molecule has 0 radical (unpaired) electrons. The largest absolute Gasteiger partial charge is 0.314 e. The van der Waals surface area contributed by atoms with Crippen LogP contribution in [0.1, 0.15) is 31.4 Å². The van der Waals surface area contributed by atoms with Gasteiger partial charge in [-0.1, -0.05) is 13.3 Å². The highest BCUT2D eigenvalue weighted by atomic mass is 35.5. The van der Waals surface area contributed by atoms with Crippen LogP contribution < -0.4 is 5.32 Å². The van der Waals surface area contributed by atoms with E-state index < -0.39 is 0 Å². The quantitative estimate of drug-likeness (QED) is 0.910. The third-order valence-corrected chi connectivity index (χ3v) is 3.47. The number of benzene rings is 1. The molecule has 1 aromatic carbocycles. The fraction of sp³-hybridized carbons (Fsp3) is 0.571. The van der Waals surface area contributed by atoms with Gasteiger partial charge in [0.05, 0.1) is 0 Å². The van der Waals surface area contributed by atoms with Crippen LogP contribution >= 0.6 is 24.8 Å². The molecule has 6 heteroatoms. The SMILES string of the molecule is CCC[C@H](c1cc(F)ccc1F)N1CCNCC1.Cl.Cl. The van der Waals surface area contributed by atoms with Gasteiger partial charge < -0.3 is 5.32 Å². The number of rotatable bonds is 4. The molecule has 116 valence electrons. The molecule has 1 heterocycles. The number of nitrogens with zero attached hydrogens (tertiary/aromatic N) is 1. The molecule has 1 saturated heterocycles. The third kappa shape index (κ3) is 4.85. The lowest BCUT2D eigenvalue weighted by atomic mass is 9.99. The lowest BCUT2D eigenvalue weighted by Crippen LogP contribution is -2.45. The van der Waals surface area contributed by atoms with E-state index in [0.29, 0.717) is 5.56 Å². The summed E-state index contributed by atoms with van der Waals surface area (Å²) in [5.74, 6) is -0.656. The van der Waals surface area contributed by atoms with Crippen molar-refractivity contribution in [2.45, 2.75) is 25.8 Å². The van der Waals surface area contributed by atoms with Crippen molar-refractivity contribution in [3.63, 3.8) is 0 Å². The molecule has 0 amide bonds. The summed E-state index contributed by atoms with van der Waals surface area (Å²) in [6.07, 6.45) is 1.82. The number of halogens is 4. The molecule has 1 atom stereocenters. The number of piperazine rings is 1. The van der Waals surface area contributed by atoms with E-state index in [1.165, 1.54) is 18.2 Å². The minimum atomic E-state index is -0.359. The summed E-state index contributed by atoms with van der Waals surface area (Å²) in [4.78, 5) is 2.25. The summed E-state index contributed by atoms with van der Waals surface area (Å²) in [6.45, 7) is 5.68. The van der Waals surface area contributed by atoms with Crippen molar-refractivity contribution in [1.29, 1.82) is 0 Å². The summed E-state index contributed by atoms with van der Waals surface area (Å²) >= 11 is 0. The van der Waals surface area contributed by atoms with Crippen LogP contribution in [0.3, 0.4) is 0 Å². The normalized spacial score (nSPS) is 16.9. The molecule has 0 aromatic heterocycles. The predicted octanol–water partition coefficient (Wildman–Crippen LogP) is 3.55. The second-order valence-electron chi connectivity index (χ2n) is 4.76. The minimum Gasteiger partial charge on any atom is -0.314 e. The van der Waals surface area contributed by atoms with E-state index >= 15 is 0 Å². The van der Waals surface area contributed by atoms with Crippen molar-refractivity contribution in [2.24, 2.45) is 0 Å². The molecule has 20 heavy (non-hydrogen) atoms. The van der Waals surface area contributed by atoms with Gasteiger partial charge in [0.25, 0.3) is 0 Å². The molecule has 2 nitrogen and oxygen atoms in total. The van der Waals surface area contributed by atoms with Gasteiger partial charge in [-0.25, -0.2) is 8.78 Å². The summed E-state index contributed by atoms with van der Waals surface area (Å²) in [6, 6.07) is 3.75. The van der Waals surface area contributed by atoms with Crippen molar-refractivity contribution >= 4 is 24.8 Å². The van der Waals surface area contributed by atoms with Crippen LogP contribution in [-0.2, 0) is 0 Å². The van der Waals surface area contributed by atoms with E-state index in [2.05, 4.69) is 17.1 Å². The molecule has 0 spiro atoms. The molecule has 1 aliphatic rings. The number of hydrogen-bond donors (Lipinski definition) is 1. The highest BCUT2D eigenvalue weighted by Gasteiger charge is 2.24. The van der Waals surface area contributed by atoms with Gasteiger partial charge in [-0.3, -0.25) is 4.90 Å². The monoisotopic (exact) mass is 326 g/mol. The fourth-order valence-corrected chi connectivity index (χ4v) is 2.57. The Kier molecular flexibility index (Phi) is 9.30. The van der Waals surface area contributed by atoms with Crippen LogP contribution in [-0.4, -0.2) is 31.1 Å². The lowest BCUT2D eigenvalue weighted by molar-refractivity contribution is 0.161. The zero-order valence-electron chi connectivity index (χ0n) is 11.6. The first kappa shape index (κ1) is 19.6. The van der Waals surface area contributed by atoms with Gasteiger partial charge in [0.15, 0.2) is 0 Å². The Morgan fingerprint density at radius 2 is 1.85 bits per heavy atom. The number of hydrogen-bond acceptors (Lipinski definition) is 2. The molecular formula is C14H22Cl2F2N2. The first-order valence-electron chi connectivity index (χ1n) is 6.62. The van der Waals surface area contributed by atoms with Crippen molar-refractivity contribution in [3.05, 3.63) is 35.4 Å². The third-order valence-electron chi connectivity index (χ3n) is 3.47. The summed E-state index contributed by atoms with van der Waals surface area (Å²) in [5, 5.41) is 3.28. The zero-order valence-corrected chi connectivity index (χ0v) is 13.2. The maximum atomic E-state index is 13.9. The Balaban J connectivity index is 0.00000180. The van der Waals surface area contributed by atoms with Crippen LogP contribution in [0.25, 0.3) is 0 Å². The Morgan fingerprint density at radius 1 is 1.20 bits per heavy atom. The topological polar surface area (TPSA) is 15.3 Å². The summed E-state index contributed by atoms with van der Waals surface area (Å²) in [7, 11) is 0. The maximum Gasteiger partial charge on any atom is 0.128 e. The molecule has 0 bridgehead atoms. The van der Waals surface area contributed by atoms with E-state index in [4.69, 9.17) is 0 Å². The predicted molar refractivity (Wildman–Crippen MR) is 82.9 cm³/mol. The molecule has 2 rings (SSSR count). The standard InChI is InChI=1S/C14H20F2N2.2ClH/c1-2-3-14(18-8-6-17-7-9-18)12-10-11(15)4-5-13(12)16;;/h4-5,10,14,17H,2-3,6-9H2,1H3;2*1H/t14-;;/m1../s1. The van der Waals surface area contributed by atoms with E-state index in [0.717, 1.165) is 39.0 Å². The molecule has 0 unspecified atom stereocenters. The Hall–Kier alpha value is -0.420. The maximum absolute atomic E-state index is 13.9. The average Bonchev–Trinajstić information content (AvgIpc) is 2.40. The second kappa shape index (κ2) is 9.50. The van der Waals surface area contributed by atoms with Gasteiger partial charge in [-0.2, -0.15) is 0 Å². The van der Waals surface area contributed by atoms with Crippen LogP contribution in [0.5, 0.6) is 0 Å². The van der Waals surface area contributed by atoms with Gasteiger partial charge in [0.2, 0.25) is 0 Å². The molecule has 0 saturated carbocycles. The first-order chi connectivity index (χ1) is 8.72. The van der Waals surface area contributed by atoms with E-state index in [1.807, 2.05) is 0 Å². The first-order valence-corrected chi connectivity index (χ1v) is 6.62. The zero-order chi connectivity index (χ0) is 13.0. The highest BCUT2D eigenvalue weighted by Crippen LogP contribution is 2.28. The Bertz CT molecular complexity index is 399. The van der Waals surface area contributed by atoms with Gasteiger partial charge >= 0.3 is 0 Å². The number of nitrogens with one attached hydrogen (secondary N) is 1. The molecule has 1 aromatic rings. The van der Waals surface area contributed by atoms with Crippen LogP contribution in [0.4, 0.5) is 8.78 Å². The van der Waals surface area contributed by atoms with E-state index in [-0.39, 0.29) is 42.5 Å². The Morgan fingerprint density at radius 3 is 2.45 bits per heavy atom. The van der Waals surface area contributed by atoms with Gasteiger partial charge in [0.1, 0.15) is 11.6 Å². The molecular weight excluding hydrogens is 305 g/mol. The van der Waals surface area contributed by atoms with Crippen molar-refractivity contribution in [2.75, 3.05) is 26.2 Å². The van der Waals surface area contributed by atoms with Crippen LogP contribution in [0, 0.1) is 11.6 Å². The summed E-state index contributed by atoms with van der Waals surface area (Å²) in [5.41, 5.74) is 0.499. The molecule has 1 N–H and O–H groups in total. The van der Waals surface area contributed by atoms with E-state index in [9.17, 15) is 8.78 Å². The smallest absolute Gasteiger partial charge is 0.128 e. The van der Waals surface area contributed by atoms with Crippen molar-refractivity contribution in [3.8, 4) is 0 Å². The van der Waals surface area contributed by atoms with Gasteiger partial charge in [-0.15, -0.1) is 24.8 Å². The van der Waals surface area contributed by atoms with Crippen LogP contribution in [0.2, 0.25) is 0 Å². The highest BCUT2D eigenvalue weighted by molar-refractivity contribution is 5.85. The van der Waals surface area contributed by atoms with E-state index in [1.54, 1.807) is 0 Å². The van der Waals surface area contributed by atoms with Gasteiger partial charge in [0, 0.05) is 37.8 Å². The summed E-state index contributed by atoms with van der Waals surface area (Å²) < 4.78 is 27.2. The van der Waals surface area contributed by atoms with Crippen LogP contribution in [0.15, 0.2) is 18.2 Å². The Labute approximate surface area is 131 Å². The molecule has 1 aliphatic heterocycles. The average molecular weight is 327 g/mol. The minimum absolute atomic E-state index is 0. The lowest BCUT2D eigenvalue weighted by Gasteiger charge is -2.35. The second-order valence-corrected chi connectivity index (χ2v) is 4.76. The fourth-order valence-electron chi connectivity index (χ4n) is 2.57. The molecule has 1 fully saturated rings. The molecule has 0 aliphatic carbocycles.